The predicted molar refractivity (Wildman–Crippen MR) is 46.1 cm³/mol. The van der Waals surface area contributed by atoms with E-state index in [9.17, 15) is 9.59 Å². The lowest BCUT2D eigenvalue weighted by Crippen LogP contribution is -2.41. The van der Waals surface area contributed by atoms with E-state index in [-0.39, 0.29) is 12.6 Å². The number of carboxylic acid groups (broad SMARTS) is 1. The van der Waals surface area contributed by atoms with Gasteiger partial charge < -0.3 is 15.5 Å². The fourth-order valence-electron chi connectivity index (χ4n) is 0.715. The molecule has 0 heterocycles. The highest BCUT2D eigenvalue weighted by Gasteiger charge is 2.21. The molecule has 0 aromatic heterocycles. The van der Waals surface area contributed by atoms with Crippen LogP contribution >= 0.6 is 0 Å². The lowest BCUT2D eigenvalue weighted by atomic mass is 10.1. The van der Waals surface area contributed by atoms with Gasteiger partial charge >= 0.3 is 5.97 Å². The van der Waals surface area contributed by atoms with E-state index < -0.39 is 17.8 Å². The average molecular weight is 189 g/mol. The molecular formula is C8H15NO4. The molecule has 13 heavy (non-hydrogen) atoms. The summed E-state index contributed by atoms with van der Waals surface area (Å²) in [6.45, 7) is 2.93. The number of carboxylic acids is 1. The second kappa shape index (κ2) is 5.53. The molecule has 0 aromatic rings. The maximum Gasteiger partial charge on any atom is 0.315 e. The third kappa shape index (κ3) is 3.89. The van der Waals surface area contributed by atoms with Gasteiger partial charge in [-0.2, -0.15) is 0 Å². The number of carbonyl (C=O) groups is 2. The minimum atomic E-state index is -1.16. The molecule has 5 nitrogen and oxygen atoms in total. The quantitative estimate of drug-likeness (QED) is 0.513. The number of nitrogens with one attached hydrogen (secondary N) is 1. The van der Waals surface area contributed by atoms with Crippen molar-refractivity contribution in [3.63, 3.8) is 0 Å². The van der Waals surface area contributed by atoms with E-state index in [4.69, 9.17) is 10.2 Å². The summed E-state index contributed by atoms with van der Waals surface area (Å²) in [5.74, 6) is -2.79. The van der Waals surface area contributed by atoms with Crippen molar-refractivity contribution in [2.24, 2.45) is 5.92 Å². The Morgan fingerprint density at radius 1 is 1.46 bits per heavy atom. The summed E-state index contributed by atoms with van der Waals surface area (Å²) >= 11 is 0. The molecule has 0 saturated carbocycles. The zero-order chi connectivity index (χ0) is 10.4. The first-order valence-electron chi connectivity index (χ1n) is 4.17. The van der Waals surface area contributed by atoms with Crippen LogP contribution in [0.25, 0.3) is 0 Å². The second-order valence-electron chi connectivity index (χ2n) is 2.86. The van der Waals surface area contributed by atoms with Crippen molar-refractivity contribution in [2.45, 2.75) is 26.3 Å². The smallest absolute Gasteiger partial charge is 0.315 e. The first-order valence-corrected chi connectivity index (χ1v) is 4.17. The fraction of sp³-hybridized carbons (Fsp3) is 0.750. The summed E-state index contributed by atoms with van der Waals surface area (Å²) in [6.07, 6.45) is 0.578. The van der Waals surface area contributed by atoms with Crippen LogP contribution in [0.1, 0.15) is 20.3 Å². The van der Waals surface area contributed by atoms with E-state index >= 15 is 0 Å². The molecule has 3 N–H and O–H groups in total. The van der Waals surface area contributed by atoms with E-state index in [1.807, 2.05) is 0 Å². The van der Waals surface area contributed by atoms with E-state index in [2.05, 4.69) is 5.32 Å². The van der Waals surface area contributed by atoms with Crippen LogP contribution in [0, 0.1) is 5.92 Å². The lowest BCUT2D eigenvalue weighted by molar-refractivity contribution is -0.146. The Morgan fingerprint density at radius 2 is 2.00 bits per heavy atom. The molecule has 0 fully saturated rings. The second-order valence-corrected chi connectivity index (χ2v) is 2.86. The van der Waals surface area contributed by atoms with Crippen LogP contribution in [0.15, 0.2) is 0 Å². The summed E-state index contributed by atoms with van der Waals surface area (Å²) in [7, 11) is 0. The van der Waals surface area contributed by atoms with Crippen LogP contribution in [0.4, 0.5) is 0 Å². The van der Waals surface area contributed by atoms with Crippen molar-refractivity contribution >= 4 is 11.9 Å². The number of hydrogen-bond acceptors (Lipinski definition) is 3. The van der Waals surface area contributed by atoms with Crippen LogP contribution in [0.5, 0.6) is 0 Å². The highest BCUT2D eigenvalue weighted by Crippen LogP contribution is 1.97. The molecule has 76 valence electrons. The van der Waals surface area contributed by atoms with Crippen LogP contribution in [-0.2, 0) is 9.59 Å². The minimum absolute atomic E-state index is 0.172. The summed E-state index contributed by atoms with van der Waals surface area (Å²) in [6, 6.07) is -0.353. The summed E-state index contributed by atoms with van der Waals surface area (Å²) < 4.78 is 0. The van der Waals surface area contributed by atoms with Gasteiger partial charge in [-0.1, -0.05) is 6.92 Å². The van der Waals surface area contributed by atoms with Gasteiger partial charge in [-0.3, -0.25) is 9.59 Å². The Balaban J connectivity index is 4.05. The Hall–Kier alpha value is -1.10. The van der Waals surface area contributed by atoms with Gasteiger partial charge in [0.25, 0.3) is 0 Å². The molecule has 0 aliphatic heterocycles. The zero-order valence-corrected chi connectivity index (χ0v) is 7.78. The van der Waals surface area contributed by atoms with E-state index in [1.165, 1.54) is 6.92 Å². The molecule has 1 amide bonds. The van der Waals surface area contributed by atoms with Gasteiger partial charge in [0.1, 0.15) is 5.92 Å². The van der Waals surface area contributed by atoms with Crippen LogP contribution < -0.4 is 5.32 Å². The number of amides is 1. The molecule has 5 heteroatoms. The third-order valence-corrected chi connectivity index (χ3v) is 1.82. The van der Waals surface area contributed by atoms with E-state index in [1.54, 1.807) is 6.92 Å². The van der Waals surface area contributed by atoms with Gasteiger partial charge in [0.15, 0.2) is 0 Å². The maximum absolute atomic E-state index is 11.1. The summed E-state index contributed by atoms with van der Waals surface area (Å²) in [4.78, 5) is 21.5. The normalized spacial score (nSPS) is 14.7. The van der Waals surface area contributed by atoms with E-state index in [0.717, 1.165) is 0 Å². The molecule has 2 atom stereocenters. The number of rotatable bonds is 5. The van der Waals surface area contributed by atoms with Gasteiger partial charge in [-0.15, -0.1) is 0 Å². The molecule has 0 saturated heterocycles. The Bertz CT molecular complexity index is 189. The number of aliphatic hydroxyl groups excluding tert-OH is 1. The van der Waals surface area contributed by atoms with Crippen molar-refractivity contribution < 1.29 is 19.8 Å². The first kappa shape index (κ1) is 11.9. The SMILES string of the molecule is CCC(CO)NC(=O)C(C)C(=O)O. The van der Waals surface area contributed by atoms with Crippen molar-refractivity contribution in [1.29, 1.82) is 0 Å². The average Bonchev–Trinajstić information content (AvgIpc) is 2.12. The van der Waals surface area contributed by atoms with Crippen LogP contribution in [0.3, 0.4) is 0 Å². The number of aliphatic carboxylic acids is 1. The molecule has 0 spiro atoms. The van der Waals surface area contributed by atoms with E-state index in [0.29, 0.717) is 6.42 Å². The first-order chi connectivity index (χ1) is 6.02. The highest BCUT2D eigenvalue weighted by atomic mass is 16.4. The van der Waals surface area contributed by atoms with Crippen molar-refractivity contribution in [1.82, 2.24) is 5.32 Å². The molecule has 0 rings (SSSR count). The van der Waals surface area contributed by atoms with Gasteiger partial charge in [0.2, 0.25) is 5.91 Å². The standard InChI is InChI=1S/C8H15NO4/c1-3-6(4-10)9-7(11)5(2)8(12)13/h5-6,10H,3-4H2,1-2H3,(H,9,11)(H,12,13). The largest absolute Gasteiger partial charge is 0.481 e. The predicted octanol–water partition coefficient (Wildman–Crippen LogP) is -0.406. The summed E-state index contributed by atoms with van der Waals surface area (Å²) in [5, 5.41) is 19.6. The molecular weight excluding hydrogens is 174 g/mol. The zero-order valence-electron chi connectivity index (χ0n) is 7.78. The lowest BCUT2D eigenvalue weighted by Gasteiger charge is -2.15. The van der Waals surface area contributed by atoms with Gasteiger partial charge in [0, 0.05) is 0 Å². The van der Waals surface area contributed by atoms with Crippen molar-refractivity contribution in [2.75, 3.05) is 6.61 Å². The molecule has 0 aliphatic carbocycles. The Kier molecular flexibility index (Phi) is 5.06. The van der Waals surface area contributed by atoms with Gasteiger partial charge in [-0.05, 0) is 13.3 Å². The Labute approximate surface area is 76.8 Å². The molecule has 0 aromatic carbocycles. The van der Waals surface area contributed by atoms with Gasteiger partial charge in [0.05, 0.1) is 12.6 Å². The Morgan fingerprint density at radius 3 is 2.31 bits per heavy atom. The molecule has 0 bridgehead atoms. The number of carbonyl (C=O) groups excluding carboxylic acids is 1. The van der Waals surface area contributed by atoms with Crippen LogP contribution in [0.2, 0.25) is 0 Å². The number of aliphatic hydroxyl groups is 1. The maximum atomic E-state index is 11.1. The van der Waals surface area contributed by atoms with Crippen molar-refractivity contribution in [3.05, 3.63) is 0 Å². The third-order valence-electron chi connectivity index (χ3n) is 1.82. The molecule has 0 aliphatic rings. The molecule has 0 radical (unpaired) electrons. The molecule has 2 unspecified atom stereocenters. The fourth-order valence-corrected chi connectivity index (χ4v) is 0.715. The highest BCUT2D eigenvalue weighted by molar-refractivity contribution is 5.96. The number of hydrogen-bond donors (Lipinski definition) is 3. The topological polar surface area (TPSA) is 86.6 Å². The summed E-state index contributed by atoms with van der Waals surface area (Å²) in [5.41, 5.74) is 0. The monoisotopic (exact) mass is 189 g/mol. The minimum Gasteiger partial charge on any atom is -0.481 e. The van der Waals surface area contributed by atoms with Gasteiger partial charge in [-0.25, -0.2) is 0 Å². The van der Waals surface area contributed by atoms with Crippen molar-refractivity contribution in [3.8, 4) is 0 Å². The van der Waals surface area contributed by atoms with Crippen LogP contribution in [-0.4, -0.2) is 34.7 Å².